The number of likely N-dealkylation sites (N-methyl/N-ethyl adjacent to an activating group) is 1. The third-order valence-corrected chi connectivity index (χ3v) is 1.47. The maximum absolute atomic E-state index is 11.1. The molecule has 0 aromatic carbocycles. The first kappa shape index (κ1) is 13.4. The standard InChI is InChI=1S/C8H14N2O5/c1-10(2)4-6(11)9-5(8(14)15)3-7(12)13/h5H,3-4H2,1-2H3,(H,9,11)(H,12,13)(H,14,15)/t5-/m1/s1. The maximum Gasteiger partial charge on any atom is 0.326 e. The number of rotatable bonds is 6. The van der Waals surface area contributed by atoms with Crippen molar-refractivity contribution in [2.24, 2.45) is 0 Å². The fraction of sp³-hybridized carbons (Fsp3) is 0.625. The molecule has 0 aliphatic heterocycles. The highest BCUT2D eigenvalue weighted by molar-refractivity contribution is 5.87. The zero-order valence-corrected chi connectivity index (χ0v) is 8.56. The van der Waals surface area contributed by atoms with E-state index >= 15 is 0 Å². The number of nitrogens with zero attached hydrogens (tertiary/aromatic N) is 1. The van der Waals surface area contributed by atoms with Gasteiger partial charge in [0.2, 0.25) is 5.91 Å². The molecule has 86 valence electrons. The Labute approximate surface area is 86.7 Å². The minimum Gasteiger partial charge on any atom is -0.481 e. The third kappa shape index (κ3) is 6.44. The van der Waals surface area contributed by atoms with Crippen molar-refractivity contribution in [1.82, 2.24) is 10.2 Å². The molecular formula is C8H14N2O5. The van der Waals surface area contributed by atoms with E-state index in [1.165, 1.54) is 0 Å². The first-order chi connectivity index (χ1) is 6.82. The Morgan fingerprint density at radius 2 is 1.80 bits per heavy atom. The van der Waals surface area contributed by atoms with Crippen molar-refractivity contribution in [2.75, 3.05) is 20.6 Å². The number of hydrogen-bond acceptors (Lipinski definition) is 4. The van der Waals surface area contributed by atoms with Gasteiger partial charge in [-0.1, -0.05) is 0 Å². The van der Waals surface area contributed by atoms with E-state index < -0.39 is 30.3 Å². The number of hydrogen-bond donors (Lipinski definition) is 3. The predicted octanol–water partition coefficient (Wildman–Crippen LogP) is -1.41. The lowest BCUT2D eigenvalue weighted by Crippen LogP contribution is -2.45. The molecule has 0 heterocycles. The summed E-state index contributed by atoms with van der Waals surface area (Å²) in [5.41, 5.74) is 0. The van der Waals surface area contributed by atoms with Gasteiger partial charge in [0, 0.05) is 0 Å². The Balaban J connectivity index is 4.22. The van der Waals surface area contributed by atoms with Gasteiger partial charge in [0.25, 0.3) is 0 Å². The number of carbonyl (C=O) groups is 3. The van der Waals surface area contributed by atoms with Crippen molar-refractivity contribution in [1.29, 1.82) is 0 Å². The van der Waals surface area contributed by atoms with Crippen molar-refractivity contribution in [2.45, 2.75) is 12.5 Å². The lowest BCUT2D eigenvalue weighted by Gasteiger charge is -2.14. The molecule has 0 bridgehead atoms. The second-order valence-corrected chi connectivity index (χ2v) is 3.29. The fourth-order valence-corrected chi connectivity index (χ4v) is 0.902. The van der Waals surface area contributed by atoms with Crippen LogP contribution in [0.2, 0.25) is 0 Å². The molecule has 1 amide bonds. The number of carboxylic acids is 2. The Bertz CT molecular complexity index is 264. The average molecular weight is 218 g/mol. The van der Waals surface area contributed by atoms with Gasteiger partial charge in [0.1, 0.15) is 6.04 Å². The van der Waals surface area contributed by atoms with Crippen LogP contribution in [0.3, 0.4) is 0 Å². The molecule has 0 aromatic heterocycles. The maximum atomic E-state index is 11.1. The number of aliphatic carboxylic acids is 2. The molecule has 7 nitrogen and oxygen atoms in total. The average Bonchev–Trinajstić information content (AvgIpc) is 1.99. The van der Waals surface area contributed by atoms with Crippen molar-refractivity contribution < 1.29 is 24.6 Å². The van der Waals surface area contributed by atoms with Crippen LogP contribution < -0.4 is 5.32 Å². The highest BCUT2D eigenvalue weighted by Crippen LogP contribution is 1.93. The molecule has 1 atom stereocenters. The zero-order chi connectivity index (χ0) is 12.0. The van der Waals surface area contributed by atoms with Crippen molar-refractivity contribution >= 4 is 17.8 Å². The summed E-state index contributed by atoms with van der Waals surface area (Å²) in [5.74, 6) is -3.15. The van der Waals surface area contributed by atoms with E-state index in [1.807, 2.05) is 0 Å². The SMILES string of the molecule is CN(C)CC(=O)N[C@H](CC(=O)O)C(=O)O. The number of carboxylic acid groups (broad SMARTS) is 2. The van der Waals surface area contributed by atoms with E-state index in [-0.39, 0.29) is 6.54 Å². The quantitative estimate of drug-likeness (QED) is 0.505. The monoisotopic (exact) mass is 218 g/mol. The lowest BCUT2D eigenvalue weighted by molar-refractivity contribution is -0.147. The van der Waals surface area contributed by atoms with Crippen LogP contribution in [0.5, 0.6) is 0 Å². The van der Waals surface area contributed by atoms with Crippen LogP contribution >= 0.6 is 0 Å². The Kier molecular flexibility index (Phi) is 5.32. The third-order valence-electron chi connectivity index (χ3n) is 1.47. The number of carbonyl (C=O) groups excluding carboxylic acids is 1. The van der Waals surface area contributed by atoms with E-state index in [1.54, 1.807) is 19.0 Å². The summed E-state index contributed by atoms with van der Waals surface area (Å²) in [6.07, 6.45) is -0.630. The second-order valence-electron chi connectivity index (χ2n) is 3.29. The van der Waals surface area contributed by atoms with E-state index in [0.29, 0.717) is 0 Å². The summed E-state index contributed by atoms with van der Waals surface area (Å²) >= 11 is 0. The summed E-state index contributed by atoms with van der Waals surface area (Å²) < 4.78 is 0. The van der Waals surface area contributed by atoms with Crippen LogP contribution in [-0.2, 0) is 14.4 Å². The molecule has 3 N–H and O–H groups in total. The molecule has 15 heavy (non-hydrogen) atoms. The first-order valence-corrected chi connectivity index (χ1v) is 4.21. The van der Waals surface area contributed by atoms with E-state index in [4.69, 9.17) is 10.2 Å². The molecule has 0 fully saturated rings. The smallest absolute Gasteiger partial charge is 0.326 e. The van der Waals surface area contributed by atoms with Crippen molar-refractivity contribution in [3.05, 3.63) is 0 Å². The summed E-state index contributed by atoms with van der Waals surface area (Å²) in [6.45, 7) is 0.0173. The fourth-order valence-electron chi connectivity index (χ4n) is 0.902. The van der Waals surface area contributed by atoms with Gasteiger partial charge < -0.3 is 20.4 Å². The van der Waals surface area contributed by atoms with E-state index in [9.17, 15) is 14.4 Å². The van der Waals surface area contributed by atoms with Gasteiger partial charge >= 0.3 is 11.9 Å². The topological polar surface area (TPSA) is 107 Å². The van der Waals surface area contributed by atoms with Crippen LogP contribution in [0.1, 0.15) is 6.42 Å². The van der Waals surface area contributed by atoms with Gasteiger partial charge in [0.15, 0.2) is 0 Å². The first-order valence-electron chi connectivity index (χ1n) is 4.21. The Morgan fingerprint density at radius 3 is 2.13 bits per heavy atom. The van der Waals surface area contributed by atoms with Gasteiger partial charge in [-0.3, -0.25) is 9.59 Å². The van der Waals surface area contributed by atoms with Crippen LogP contribution in [0.15, 0.2) is 0 Å². The lowest BCUT2D eigenvalue weighted by atomic mass is 10.2. The molecule has 0 aliphatic rings. The molecule has 0 radical (unpaired) electrons. The van der Waals surface area contributed by atoms with Gasteiger partial charge in [-0.25, -0.2) is 4.79 Å². The minimum absolute atomic E-state index is 0.0173. The summed E-state index contributed by atoms with van der Waals surface area (Å²) in [7, 11) is 3.29. The predicted molar refractivity (Wildman–Crippen MR) is 50.4 cm³/mol. The van der Waals surface area contributed by atoms with Crippen molar-refractivity contribution in [3.8, 4) is 0 Å². The highest BCUT2D eigenvalue weighted by Gasteiger charge is 2.22. The molecule has 0 aliphatic carbocycles. The van der Waals surface area contributed by atoms with E-state index in [0.717, 1.165) is 0 Å². The number of amides is 1. The van der Waals surface area contributed by atoms with Crippen LogP contribution in [-0.4, -0.2) is 59.6 Å². The summed E-state index contributed by atoms with van der Waals surface area (Å²) in [6, 6.07) is -1.38. The Morgan fingerprint density at radius 1 is 1.27 bits per heavy atom. The molecule has 0 spiro atoms. The normalized spacial score (nSPS) is 12.2. The molecule has 0 saturated carbocycles. The second kappa shape index (κ2) is 5.97. The molecule has 0 unspecified atom stereocenters. The molecule has 0 saturated heterocycles. The summed E-state index contributed by atoms with van der Waals surface area (Å²) in [4.78, 5) is 33.5. The summed E-state index contributed by atoms with van der Waals surface area (Å²) in [5, 5.41) is 19.1. The molecule has 0 rings (SSSR count). The van der Waals surface area contributed by atoms with Crippen LogP contribution in [0.4, 0.5) is 0 Å². The van der Waals surface area contributed by atoms with E-state index in [2.05, 4.69) is 5.32 Å². The van der Waals surface area contributed by atoms with Crippen LogP contribution in [0.25, 0.3) is 0 Å². The zero-order valence-electron chi connectivity index (χ0n) is 8.56. The van der Waals surface area contributed by atoms with Gasteiger partial charge in [-0.2, -0.15) is 0 Å². The van der Waals surface area contributed by atoms with Gasteiger partial charge in [-0.05, 0) is 14.1 Å². The number of nitrogens with one attached hydrogen (secondary N) is 1. The largest absolute Gasteiger partial charge is 0.481 e. The Hall–Kier alpha value is -1.63. The minimum atomic E-state index is -1.38. The van der Waals surface area contributed by atoms with Gasteiger partial charge in [0.05, 0.1) is 13.0 Å². The van der Waals surface area contributed by atoms with Gasteiger partial charge in [-0.15, -0.1) is 0 Å². The molecule has 0 aromatic rings. The molecule has 7 heteroatoms. The van der Waals surface area contributed by atoms with Crippen LogP contribution in [0, 0.1) is 0 Å². The highest BCUT2D eigenvalue weighted by atomic mass is 16.4. The van der Waals surface area contributed by atoms with Crippen molar-refractivity contribution in [3.63, 3.8) is 0 Å². The molecular weight excluding hydrogens is 204 g/mol.